The van der Waals surface area contributed by atoms with Crippen LogP contribution in [0, 0.1) is 0 Å². The molecule has 0 aromatic heterocycles. The summed E-state index contributed by atoms with van der Waals surface area (Å²) in [6, 6.07) is 12.6. The van der Waals surface area contributed by atoms with Crippen LogP contribution < -0.4 is 10.2 Å². The lowest BCUT2D eigenvalue weighted by Gasteiger charge is -2.29. The van der Waals surface area contributed by atoms with Crippen LogP contribution in [0.5, 0.6) is 0 Å². The van der Waals surface area contributed by atoms with Crippen molar-refractivity contribution in [2.24, 2.45) is 0 Å². The van der Waals surface area contributed by atoms with E-state index in [0.29, 0.717) is 21.8 Å². The molecule has 4 rings (SSSR count). The second-order valence-corrected chi connectivity index (χ2v) is 8.12. The number of anilines is 2. The van der Waals surface area contributed by atoms with Crippen LogP contribution in [0.1, 0.15) is 52.8 Å². The van der Waals surface area contributed by atoms with Gasteiger partial charge in [-0.15, -0.1) is 0 Å². The highest BCUT2D eigenvalue weighted by atomic mass is 35.5. The molecule has 0 atom stereocenters. The Morgan fingerprint density at radius 1 is 0.828 bits per heavy atom. The molecule has 2 aromatic rings. The molecule has 0 radical (unpaired) electrons. The average molecular weight is 412 g/mol. The Kier molecular flexibility index (Phi) is 6.05. The van der Waals surface area contributed by atoms with Gasteiger partial charge in [-0.05, 0) is 62.4 Å². The van der Waals surface area contributed by atoms with Crippen molar-refractivity contribution in [3.05, 3.63) is 58.6 Å². The first-order chi connectivity index (χ1) is 14.1. The maximum Gasteiger partial charge on any atom is 0.257 e. The molecule has 0 bridgehead atoms. The van der Waals surface area contributed by atoms with Crippen molar-refractivity contribution in [1.82, 2.24) is 4.90 Å². The molecule has 0 spiro atoms. The molecule has 0 aliphatic carbocycles. The molecule has 1 N–H and O–H groups in total. The van der Waals surface area contributed by atoms with E-state index in [9.17, 15) is 9.59 Å². The van der Waals surface area contributed by atoms with Crippen molar-refractivity contribution in [3.63, 3.8) is 0 Å². The van der Waals surface area contributed by atoms with Crippen molar-refractivity contribution >= 4 is 34.8 Å². The molecule has 0 unspecified atom stereocenters. The highest BCUT2D eigenvalue weighted by molar-refractivity contribution is 6.34. The standard InChI is InChI=1S/C23H26ClN3O2/c24-20-9-3-2-8-18(20)22(28)25-17-10-11-21(26-12-6-7-13-26)19(16-17)23(29)27-14-4-1-5-15-27/h2-3,8-11,16H,1,4-7,12-15H2,(H,25,28). The number of nitrogens with one attached hydrogen (secondary N) is 1. The minimum atomic E-state index is -0.277. The first-order valence-electron chi connectivity index (χ1n) is 10.4. The number of nitrogens with zero attached hydrogens (tertiary/aromatic N) is 2. The van der Waals surface area contributed by atoms with E-state index in [-0.39, 0.29) is 11.8 Å². The van der Waals surface area contributed by atoms with Gasteiger partial charge in [-0.2, -0.15) is 0 Å². The highest BCUT2D eigenvalue weighted by Gasteiger charge is 2.25. The zero-order valence-electron chi connectivity index (χ0n) is 16.5. The van der Waals surface area contributed by atoms with Crippen LogP contribution in [0.2, 0.25) is 5.02 Å². The molecule has 2 heterocycles. The Hall–Kier alpha value is -2.53. The molecular weight excluding hydrogens is 386 g/mol. The SMILES string of the molecule is O=C(Nc1ccc(N2CCCC2)c(C(=O)N2CCCCC2)c1)c1ccccc1Cl. The molecule has 5 nitrogen and oxygen atoms in total. The number of hydrogen-bond donors (Lipinski definition) is 1. The maximum absolute atomic E-state index is 13.3. The van der Waals surface area contributed by atoms with Crippen molar-refractivity contribution in [2.45, 2.75) is 32.1 Å². The zero-order valence-corrected chi connectivity index (χ0v) is 17.3. The molecule has 2 aliphatic rings. The molecule has 6 heteroatoms. The van der Waals surface area contributed by atoms with Crippen LogP contribution in [0.3, 0.4) is 0 Å². The van der Waals surface area contributed by atoms with E-state index < -0.39 is 0 Å². The first-order valence-corrected chi connectivity index (χ1v) is 10.8. The third kappa shape index (κ3) is 4.40. The van der Waals surface area contributed by atoms with Gasteiger partial charge in [-0.25, -0.2) is 0 Å². The van der Waals surface area contributed by atoms with Gasteiger partial charge >= 0.3 is 0 Å². The predicted molar refractivity (Wildman–Crippen MR) is 117 cm³/mol. The highest BCUT2D eigenvalue weighted by Crippen LogP contribution is 2.30. The fourth-order valence-electron chi connectivity index (χ4n) is 4.13. The third-order valence-electron chi connectivity index (χ3n) is 5.69. The zero-order chi connectivity index (χ0) is 20.2. The Bertz CT molecular complexity index is 903. The van der Waals surface area contributed by atoms with Gasteiger partial charge < -0.3 is 15.1 Å². The summed E-state index contributed by atoms with van der Waals surface area (Å²) < 4.78 is 0. The van der Waals surface area contributed by atoms with E-state index in [0.717, 1.165) is 57.5 Å². The Balaban J connectivity index is 1.62. The molecule has 2 fully saturated rings. The van der Waals surface area contributed by atoms with Crippen molar-refractivity contribution < 1.29 is 9.59 Å². The van der Waals surface area contributed by atoms with Gasteiger partial charge in [0.05, 0.1) is 16.1 Å². The van der Waals surface area contributed by atoms with E-state index >= 15 is 0 Å². The lowest BCUT2D eigenvalue weighted by Crippen LogP contribution is -2.36. The van der Waals surface area contributed by atoms with E-state index in [2.05, 4.69) is 10.2 Å². The van der Waals surface area contributed by atoms with Crippen LogP contribution >= 0.6 is 11.6 Å². The quantitative estimate of drug-likeness (QED) is 0.784. The van der Waals surface area contributed by atoms with Gasteiger partial charge in [-0.3, -0.25) is 9.59 Å². The summed E-state index contributed by atoms with van der Waals surface area (Å²) in [5.74, 6) is -0.221. The van der Waals surface area contributed by atoms with Gasteiger partial charge in [0.25, 0.3) is 11.8 Å². The number of benzene rings is 2. The summed E-state index contributed by atoms with van der Waals surface area (Å²) >= 11 is 6.15. The van der Waals surface area contributed by atoms with Crippen molar-refractivity contribution in [1.29, 1.82) is 0 Å². The fraction of sp³-hybridized carbons (Fsp3) is 0.391. The number of piperidine rings is 1. The molecule has 2 aromatic carbocycles. The van der Waals surface area contributed by atoms with Crippen LogP contribution in [-0.4, -0.2) is 42.9 Å². The third-order valence-corrected chi connectivity index (χ3v) is 6.02. The molecule has 2 saturated heterocycles. The van der Waals surface area contributed by atoms with Gasteiger partial charge in [0.15, 0.2) is 0 Å². The Morgan fingerprint density at radius 2 is 1.52 bits per heavy atom. The smallest absolute Gasteiger partial charge is 0.257 e. The number of amides is 2. The largest absolute Gasteiger partial charge is 0.371 e. The summed E-state index contributed by atoms with van der Waals surface area (Å²) in [5, 5.41) is 3.31. The van der Waals surface area contributed by atoms with Crippen LogP contribution in [0.25, 0.3) is 0 Å². The lowest BCUT2D eigenvalue weighted by atomic mass is 10.1. The minimum absolute atomic E-state index is 0.0560. The average Bonchev–Trinajstić information content (AvgIpc) is 3.29. The van der Waals surface area contributed by atoms with E-state index in [1.165, 1.54) is 6.42 Å². The summed E-state index contributed by atoms with van der Waals surface area (Å²) in [6.07, 6.45) is 5.56. The number of likely N-dealkylation sites (tertiary alicyclic amines) is 1. The fourth-order valence-corrected chi connectivity index (χ4v) is 4.35. The van der Waals surface area contributed by atoms with Crippen LogP contribution in [-0.2, 0) is 0 Å². The second-order valence-electron chi connectivity index (χ2n) is 7.71. The number of hydrogen-bond acceptors (Lipinski definition) is 3. The number of rotatable bonds is 4. The molecular formula is C23H26ClN3O2. The van der Waals surface area contributed by atoms with Crippen molar-refractivity contribution in [3.8, 4) is 0 Å². The molecule has 2 amide bonds. The van der Waals surface area contributed by atoms with Gasteiger partial charge in [-0.1, -0.05) is 23.7 Å². The topological polar surface area (TPSA) is 52.7 Å². The molecule has 152 valence electrons. The predicted octanol–water partition coefficient (Wildman–Crippen LogP) is 4.82. The number of carbonyl (C=O) groups excluding carboxylic acids is 2. The van der Waals surface area contributed by atoms with E-state index in [4.69, 9.17) is 11.6 Å². The summed E-state index contributed by atoms with van der Waals surface area (Å²) in [5.41, 5.74) is 2.67. The monoisotopic (exact) mass is 411 g/mol. The van der Waals surface area contributed by atoms with Gasteiger partial charge in [0.1, 0.15) is 0 Å². The summed E-state index contributed by atoms with van der Waals surface area (Å²) in [7, 11) is 0. The van der Waals surface area contributed by atoms with Crippen molar-refractivity contribution in [2.75, 3.05) is 36.4 Å². The first kappa shape index (κ1) is 19.8. The minimum Gasteiger partial charge on any atom is -0.371 e. The van der Waals surface area contributed by atoms with E-state index in [1.807, 2.05) is 23.1 Å². The Morgan fingerprint density at radius 3 is 2.24 bits per heavy atom. The van der Waals surface area contributed by atoms with Gasteiger partial charge in [0.2, 0.25) is 0 Å². The normalized spacial score (nSPS) is 16.7. The summed E-state index contributed by atoms with van der Waals surface area (Å²) in [4.78, 5) is 30.2. The summed E-state index contributed by atoms with van der Waals surface area (Å²) in [6.45, 7) is 3.53. The molecule has 2 aliphatic heterocycles. The molecule has 29 heavy (non-hydrogen) atoms. The van der Waals surface area contributed by atoms with Crippen LogP contribution in [0.4, 0.5) is 11.4 Å². The van der Waals surface area contributed by atoms with Gasteiger partial charge in [0, 0.05) is 37.6 Å². The number of halogens is 1. The number of carbonyl (C=O) groups is 2. The second kappa shape index (κ2) is 8.87. The maximum atomic E-state index is 13.3. The molecule has 0 saturated carbocycles. The van der Waals surface area contributed by atoms with E-state index in [1.54, 1.807) is 24.3 Å². The Labute approximate surface area is 176 Å². The lowest BCUT2D eigenvalue weighted by molar-refractivity contribution is 0.0724. The van der Waals surface area contributed by atoms with Crippen LogP contribution in [0.15, 0.2) is 42.5 Å².